The Kier molecular flexibility index (Phi) is 5.33. The summed E-state index contributed by atoms with van der Waals surface area (Å²) in [6.45, 7) is 2.31. The fraction of sp³-hybridized carbons (Fsp3) is 0.619. The van der Waals surface area contributed by atoms with Gasteiger partial charge in [-0.1, -0.05) is 50.8 Å². The number of hydrogen-bond acceptors (Lipinski definition) is 0. The molecule has 1 saturated carbocycles. The van der Waals surface area contributed by atoms with Crippen molar-refractivity contribution in [3.63, 3.8) is 0 Å². The van der Waals surface area contributed by atoms with E-state index in [2.05, 4.69) is 13.0 Å². The minimum Gasteiger partial charge on any atom is -0.207 e. The number of halogens is 1. The van der Waals surface area contributed by atoms with Gasteiger partial charge >= 0.3 is 0 Å². The molecule has 1 atom stereocenters. The maximum atomic E-state index is 13.4. The van der Waals surface area contributed by atoms with Gasteiger partial charge in [0.1, 0.15) is 5.82 Å². The molecule has 1 aromatic carbocycles. The third kappa shape index (κ3) is 3.80. The van der Waals surface area contributed by atoms with E-state index in [9.17, 15) is 4.39 Å². The van der Waals surface area contributed by atoms with E-state index >= 15 is 0 Å². The molecular formula is C21H29F. The largest absolute Gasteiger partial charge is 0.207 e. The van der Waals surface area contributed by atoms with E-state index in [1.54, 1.807) is 6.07 Å². The molecule has 2 aliphatic carbocycles. The van der Waals surface area contributed by atoms with E-state index in [1.165, 1.54) is 63.0 Å². The Morgan fingerprint density at radius 3 is 2.50 bits per heavy atom. The van der Waals surface area contributed by atoms with Crippen LogP contribution in [0.1, 0.15) is 70.3 Å². The standard InChI is InChI=1S/C21H29F/c1-2-4-16-7-9-17(10-8-16)18-11-13-19(14-12-18)20-5-3-6-21(22)15-20/h3,5-6,13,15-18H,2,4,7-12,14H2,1H3. The van der Waals surface area contributed by atoms with Crippen LogP contribution in [0.3, 0.4) is 0 Å². The minimum absolute atomic E-state index is 0.116. The van der Waals surface area contributed by atoms with Gasteiger partial charge in [-0.05, 0) is 73.1 Å². The fourth-order valence-corrected chi connectivity index (χ4v) is 4.59. The lowest BCUT2D eigenvalue weighted by Crippen LogP contribution is -2.23. The number of hydrogen-bond donors (Lipinski definition) is 0. The molecule has 0 spiro atoms. The highest BCUT2D eigenvalue weighted by atomic mass is 19.1. The molecule has 120 valence electrons. The Hall–Kier alpha value is -1.11. The molecule has 0 heterocycles. The van der Waals surface area contributed by atoms with Crippen LogP contribution in [0.25, 0.3) is 5.57 Å². The van der Waals surface area contributed by atoms with Crippen molar-refractivity contribution in [3.8, 4) is 0 Å². The second-order valence-electron chi connectivity index (χ2n) is 7.34. The van der Waals surface area contributed by atoms with E-state index < -0.39 is 0 Å². The average Bonchev–Trinajstić information content (AvgIpc) is 2.56. The topological polar surface area (TPSA) is 0 Å². The van der Waals surface area contributed by atoms with Crippen molar-refractivity contribution < 1.29 is 4.39 Å². The van der Waals surface area contributed by atoms with Crippen LogP contribution < -0.4 is 0 Å². The molecule has 0 amide bonds. The molecule has 0 aliphatic heterocycles. The lowest BCUT2D eigenvalue weighted by molar-refractivity contribution is 0.189. The summed E-state index contributed by atoms with van der Waals surface area (Å²) in [6, 6.07) is 7.09. The van der Waals surface area contributed by atoms with Crippen LogP contribution in [0.2, 0.25) is 0 Å². The lowest BCUT2D eigenvalue weighted by Gasteiger charge is -2.35. The predicted octanol–water partition coefficient (Wildman–Crippen LogP) is 6.62. The first-order valence-corrected chi connectivity index (χ1v) is 9.21. The molecule has 0 aromatic heterocycles. The molecule has 0 nitrogen and oxygen atoms in total. The summed E-state index contributed by atoms with van der Waals surface area (Å²) in [5, 5.41) is 0. The first-order chi connectivity index (χ1) is 10.8. The van der Waals surface area contributed by atoms with Gasteiger partial charge in [0.15, 0.2) is 0 Å². The van der Waals surface area contributed by atoms with Gasteiger partial charge in [0.25, 0.3) is 0 Å². The normalized spacial score (nSPS) is 29.2. The summed E-state index contributed by atoms with van der Waals surface area (Å²) >= 11 is 0. The average molecular weight is 300 g/mol. The van der Waals surface area contributed by atoms with Crippen molar-refractivity contribution in [3.05, 3.63) is 41.7 Å². The quantitative estimate of drug-likeness (QED) is 0.586. The van der Waals surface area contributed by atoms with Gasteiger partial charge in [0.2, 0.25) is 0 Å². The molecule has 0 radical (unpaired) electrons. The number of rotatable bonds is 4. The summed E-state index contributed by atoms with van der Waals surface area (Å²) in [4.78, 5) is 0. The monoisotopic (exact) mass is 300 g/mol. The fourth-order valence-electron chi connectivity index (χ4n) is 4.59. The van der Waals surface area contributed by atoms with Crippen molar-refractivity contribution >= 4 is 5.57 Å². The second-order valence-corrected chi connectivity index (χ2v) is 7.34. The lowest BCUT2D eigenvalue weighted by atomic mass is 9.70. The van der Waals surface area contributed by atoms with Crippen LogP contribution in [0.5, 0.6) is 0 Å². The molecule has 0 bridgehead atoms. The van der Waals surface area contributed by atoms with Gasteiger partial charge in [0.05, 0.1) is 0 Å². The molecular weight excluding hydrogens is 271 g/mol. The third-order valence-corrected chi connectivity index (χ3v) is 5.90. The molecule has 1 unspecified atom stereocenters. The Morgan fingerprint density at radius 2 is 1.86 bits per heavy atom. The van der Waals surface area contributed by atoms with Crippen LogP contribution >= 0.6 is 0 Å². The Balaban J connectivity index is 1.55. The Labute approximate surface area is 134 Å². The summed E-state index contributed by atoms with van der Waals surface area (Å²) in [6.07, 6.45) is 14.6. The molecule has 1 fully saturated rings. The predicted molar refractivity (Wildman–Crippen MR) is 92.1 cm³/mol. The summed E-state index contributed by atoms with van der Waals surface area (Å²) in [5.74, 6) is 2.70. The van der Waals surface area contributed by atoms with Crippen LogP contribution in [0, 0.1) is 23.6 Å². The van der Waals surface area contributed by atoms with E-state index in [1.807, 2.05) is 12.1 Å². The van der Waals surface area contributed by atoms with E-state index in [4.69, 9.17) is 0 Å². The third-order valence-electron chi connectivity index (χ3n) is 5.90. The smallest absolute Gasteiger partial charge is 0.123 e. The van der Waals surface area contributed by atoms with Crippen LogP contribution in [-0.2, 0) is 0 Å². The van der Waals surface area contributed by atoms with Gasteiger partial charge < -0.3 is 0 Å². The highest BCUT2D eigenvalue weighted by Gasteiger charge is 2.28. The van der Waals surface area contributed by atoms with Gasteiger partial charge in [-0.25, -0.2) is 4.39 Å². The Morgan fingerprint density at radius 1 is 1.05 bits per heavy atom. The van der Waals surface area contributed by atoms with Crippen LogP contribution in [-0.4, -0.2) is 0 Å². The molecule has 0 N–H and O–H groups in total. The first-order valence-electron chi connectivity index (χ1n) is 9.21. The number of benzene rings is 1. The Bertz CT molecular complexity index is 508. The van der Waals surface area contributed by atoms with Gasteiger partial charge in [-0.15, -0.1) is 0 Å². The van der Waals surface area contributed by atoms with Gasteiger partial charge in [-0.2, -0.15) is 0 Å². The molecule has 1 aromatic rings. The molecule has 2 aliphatic rings. The highest BCUT2D eigenvalue weighted by Crippen LogP contribution is 2.42. The summed E-state index contributed by atoms with van der Waals surface area (Å²) < 4.78 is 13.4. The van der Waals surface area contributed by atoms with E-state index in [0.717, 1.165) is 29.7 Å². The summed E-state index contributed by atoms with van der Waals surface area (Å²) in [7, 11) is 0. The zero-order chi connectivity index (χ0) is 15.4. The van der Waals surface area contributed by atoms with E-state index in [-0.39, 0.29) is 5.82 Å². The maximum absolute atomic E-state index is 13.4. The van der Waals surface area contributed by atoms with Crippen molar-refractivity contribution in [2.75, 3.05) is 0 Å². The van der Waals surface area contributed by atoms with E-state index in [0.29, 0.717) is 0 Å². The number of allylic oxidation sites excluding steroid dienone is 2. The van der Waals surface area contributed by atoms with Crippen molar-refractivity contribution in [2.45, 2.75) is 64.7 Å². The first kappa shape index (κ1) is 15.8. The zero-order valence-electron chi connectivity index (χ0n) is 13.9. The minimum atomic E-state index is -0.116. The summed E-state index contributed by atoms with van der Waals surface area (Å²) in [5.41, 5.74) is 2.44. The molecule has 3 rings (SSSR count). The van der Waals surface area contributed by atoms with Gasteiger partial charge in [-0.3, -0.25) is 0 Å². The second kappa shape index (κ2) is 7.44. The maximum Gasteiger partial charge on any atom is 0.123 e. The zero-order valence-corrected chi connectivity index (χ0v) is 13.9. The molecule has 0 saturated heterocycles. The highest BCUT2D eigenvalue weighted by molar-refractivity contribution is 5.66. The van der Waals surface area contributed by atoms with Crippen molar-refractivity contribution in [1.29, 1.82) is 0 Å². The molecule has 22 heavy (non-hydrogen) atoms. The van der Waals surface area contributed by atoms with Crippen LogP contribution in [0.15, 0.2) is 30.3 Å². The van der Waals surface area contributed by atoms with Crippen LogP contribution in [0.4, 0.5) is 4.39 Å². The SMILES string of the molecule is CCCC1CCC(C2CC=C(c3cccc(F)c3)CC2)CC1. The van der Waals surface area contributed by atoms with Gasteiger partial charge in [0, 0.05) is 0 Å². The van der Waals surface area contributed by atoms with Crippen molar-refractivity contribution in [2.24, 2.45) is 17.8 Å². The van der Waals surface area contributed by atoms with Crippen molar-refractivity contribution in [1.82, 2.24) is 0 Å². The molecule has 1 heteroatoms.